The van der Waals surface area contributed by atoms with Crippen LogP contribution in [0.15, 0.2) is 66.0 Å². The second kappa shape index (κ2) is 5.81. The van der Waals surface area contributed by atoms with Crippen LogP contribution in [0.25, 0.3) is 10.4 Å². The average Bonchev–Trinajstić information content (AvgIpc) is 2.99. The molecular weight excluding hydrogens is 284 g/mol. The Hall–Kier alpha value is -2.59. The number of thiophene rings is 1. The largest absolute Gasteiger partial charge is 0.478 e. The first-order valence-electron chi connectivity index (χ1n) is 6.37. The number of carboxylic acid groups (broad SMARTS) is 1. The summed E-state index contributed by atoms with van der Waals surface area (Å²) in [5.41, 5.74) is 1.30. The fourth-order valence-electron chi connectivity index (χ4n) is 1.91. The van der Waals surface area contributed by atoms with Gasteiger partial charge in [-0.15, -0.1) is 11.3 Å². The number of hydrogen-bond donors (Lipinski definition) is 1. The predicted molar refractivity (Wildman–Crippen MR) is 83.2 cm³/mol. The van der Waals surface area contributed by atoms with Crippen molar-refractivity contribution in [3.05, 3.63) is 71.6 Å². The maximum atomic E-state index is 10.9. The molecule has 3 aromatic rings. The lowest BCUT2D eigenvalue weighted by molar-refractivity contribution is 0.0697. The van der Waals surface area contributed by atoms with Gasteiger partial charge in [0.05, 0.1) is 5.56 Å². The first-order chi connectivity index (χ1) is 10.2. The molecular formula is C17H12O3S. The van der Waals surface area contributed by atoms with Crippen molar-refractivity contribution in [2.75, 3.05) is 0 Å². The van der Waals surface area contributed by atoms with Crippen LogP contribution in [-0.2, 0) is 0 Å². The number of carbonyl (C=O) groups is 1. The Bertz CT molecular complexity index is 745. The zero-order chi connectivity index (χ0) is 14.7. The molecule has 0 aliphatic carbocycles. The van der Waals surface area contributed by atoms with E-state index in [-0.39, 0.29) is 0 Å². The van der Waals surface area contributed by atoms with Crippen LogP contribution < -0.4 is 4.74 Å². The van der Waals surface area contributed by atoms with Gasteiger partial charge in [-0.25, -0.2) is 4.79 Å². The monoisotopic (exact) mass is 296 g/mol. The number of carboxylic acids is 1. The highest BCUT2D eigenvalue weighted by Gasteiger charge is 2.08. The molecule has 0 spiro atoms. The van der Waals surface area contributed by atoms with Crippen molar-refractivity contribution >= 4 is 17.3 Å². The third-order valence-corrected chi connectivity index (χ3v) is 3.94. The van der Waals surface area contributed by atoms with E-state index in [4.69, 9.17) is 9.84 Å². The lowest BCUT2D eigenvalue weighted by atomic mass is 10.1. The number of benzene rings is 2. The van der Waals surface area contributed by atoms with Crippen LogP contribution in [0, 0.1) is 0 Å². The molecule has 1 heterocycles. The van der Waals surface area contributed by atoms with Gasteiger partial charge in [-0.3, -0.25) is 0 Å². The fraction of sp³-hybridized carbons (Fsp3) is 0. The van der Waals surface area contributed by atoms with Crippen molar-refractivity contribution in [1.29, 1.82) is 0 Å². The Morgan fingerprint density at radius 2 is 1.62 bits per heavy atom. The van der Waals surface area contributed by atoms with Crippen LogP contribution in [0.3, 0.4) is 0 Å². The van der Waals surface area contributed by atoms with Crippen LogP contribution in [0.5, 0.6) is 11.5 Å². The van der Waals surface area contributed by atoms with Crippen molar-refractivity contribution < 1.29 is 14.6 Å². The van der Waals surface area contributed by atoms with Crippen molar-refractivity contribution in [3.63, 3.8) is 0 Å². The van der Waals surface area contributed by atoms with Gasteiger partial charge in [0.2, 0.25) is 0 Å². The third-order valence-electron chi connectivity index (χ3n) is 2.96. The van der Waals surface area contributed by atoms with Crippen LogP contribution in [0.1, 0.15) is 10.4 Å². The first-order valence-corrected chi connectivity index (χ1v) is 7.25. The SMILES string of the molecule is O=C(O)c1csc(-c2ccc(Oc3ccccc3)cc2)c1. The molecule has 0 aliphatic rings. The van der Waals surface area contributed by atoms with E-state index in [9.17, 15) is 4.79 Å². The van der Waals surface area contributed by atoms with E-state index in [0.717, 1.165) is 21.9 Å². The minimum atomic E-state index is -0.901. The van der Waals surface area contributed by atoms with E-state index in [0.29, 0.717) is 5.56 Å². The molecule has 104 valence electrons. The molecule has 2 aromatic carbocycles. The number of rotatable bonds is 4. The first kappa shape index (κ1) is 13.4. The summed E-state index contributed by atoms with van der Waals surface area (Å²) >= 11 is 1.42. The van der Waals surface area contributed by atoms with Crippen molar-refractivity contribution in [3.8, 4) is 21.9 Å². The van der Waals surface area contributed by atoms with Crippen LogP contribution in [0.4, 0.5) is 0 Å². The standard InChI is InChI=1S/C17H12O3S/c18-17(19)13-10-16(21-11-13)12-6-8-15(9-7-12)20-14-4-2-1-3-5-14/h1-11H,(H,18,19). The quantitative estimate of drug-likeness (QED) is 0.744. The summed E-state index contributed by atoms with van der Waals surface area (Å²) in [4.78, 5) is 11.8. The third kappa shape index (κ3) is 3.12. The molecule has 0 atom stereocenters. The lowest BCUT2D eigenvalue weighted by Gasteiger charge is -2.05. The van der Waals surface area contributed by atoms with Gasteiger partial charge in [-0.2, -0.15) is 0 Å². The topological polar surface area (TPSA) is 46.5 Å². The molecule has 1 aromatic heterocycles. The van der Waals surface area contributed by atoms with Crippen molar-refractivity contribution in [2.24, 2.45) is 0 Å². The van der Waals surface area contributed by atoms with Gasteiger partial charge in [0.25, 0.3) is 0 Å². The Morgan fingerprint density at radius 1 is 0.952 bits per heavy atom. The highest BCUT2D eigenvalue weighted by atomic mass is 32.1. The normalized spacial score (nSPS) is 10.3. The maximum Gasteiger partial charge on any atom is 0.336 e. The molecule has 0 amide bonds. The number of para-hydroxylation sites is 1. The molecule has 0 saturated heterocycles. The van der Waals surface area contributed by atoms with Gasteiger partial charge in [0, 0.05) is 10.3 Å². The molecule has 3 rings (SSSR count). The van der Waals surface area contributed by atoms with Gasteiger partial charge >= 0.3 is 5.97 Å². The average molecular weight is 296 g/mol. The Balaban J connectivity index is 1.78. The van der Waals surface area contributed by atoms with E-state index in [1.54, 1.807) is 11.4 Å². The molecule has 21 heavy (non-hydrogen) atoms. The molecule has 3 nitrogen and oxygen atoms in total. The Labute approximate surface area is 126 Å². The van der Waals surface area contributed by atoms with E-state index in [2.05, 4.69) is 0 Å². The van der Waals surface area contributed by atoms with Crippen LogP contribution in [0.2, 0.25) is 0 Å². The van der Waals surface area contributed by atoms with Crippen molar-refractivity contribution in [1.82, 2.24) is 0 Å². The fourth-order valence-corrected chi connectivity index (χ4v) is 2.80. The zero-order valence-electron chi connectivity index (χ0n) is 11.0. The Kier molecular flexibility index (Phi) is 3.71. The molecule has 0 fully saturated rings. The molecule has 4 heteroatoms. The summed E-state index contributed by atoms with van der Waals surface area (Å²) in [6.45, 7) is 0. The van der Waals surface area contributed by atoms with Gasteiger partial charge in [0.15, 0.2) is 0 Å². The molecule has 0 aliphatic heterocycles. The Morgan fingerprint density at radius 3 is 2.24 bits per heavy atom. The van der Waals surface area contributed by atoms with Crippen LogP contribution in [-0.4, -0.2) is 11.1 Å². The van der Waals surface area contributed by atoms with Gasteiger partial charge in [0.1, 0.15) is 11.5 Å². The number of aromatic carboxylic acids is 1. The van der Waals surface area contributed by atoms with Gasteiger partial charge in [-0.05, 0) is 48.0 Å². The maximum absolute atomic E-state index is 10.9. The second-order valence-corrected chi connectivity index (χ2v) is 5.36. The summed E-state index contributed by atoms with van der Waals surface area (Å²) in [6, 6.07) is 18.9. The lowest BCUT2D eigenvalue weighted by Crippen LogP contribution is -1.91. The molecule has 0 unspecified atom stereocenters. The number of ether oxygens (including phenoxy) is 1. The predicted octanol–water partition coefficient (Wildman–Crippen LogP) is 4.91. The summed E-state index contributed by atoms with van der Waals surface area (Å²) in [5.74, 6) is 0.635. The minimum absolute atomic E-state index is 0.319. The molecule has 0 saturated carbocycles. The zero-order valence-corrected chi connectivity index (χ0v) is 11.8. The van der Waals surface area contributed by atoms with Gasteiger partial charge < -0.3 is 9.84 Å². The van der Waals surface area contributed by atoms with E-state index in [1.165, 1.54) is 11.3 Å². The highest BCUT2D eigenvalue weighted by molar-refractivity contribution is 7.13. The second-order valence-electron chi connectivity index (χ2n) is 4.44. The molecule has 1 N–H and O–H groups in total. The molecule has 0 radical (unpaired) electrons. The van der Waals surface area contributed by atoms with E-state index < -0.39 is 5.97 Å². The van der Waals surface area contributed by atoms with E-state index >= 15 is 0 Å². The highest BCUT2D eigenvalue weighted by Crippen LogP contribution is 2.30. The van der Waals surface area contributed by atoms with Gasteiger partial charge in [-0.1, -0.05) is 18.2 Å². The van der Waals surface area contributed by atoms with Crippen molar-refractivity contribution in [2.45, 2.75) is 0 Å². The summed E-state index contributed by atoms with van der Waals surface area (Å²) < 4.78 is 5.72. The van der Waals surface area contributed by atoms with E-state index in [1.807, 2.05) is 54.6 Å². The summed E-state index contributed by atoms with van der Waals surface area (Å²) in [5, 5.41) is 10.6. The number of hydrogen-bond acceptors (Lipinski definition) is 3. The summed E-state index contributed by atoms with van der Waals surface area (Å²) in [7, 11) is 0. The summed E-state index contributed by atoms with van der Waals surface area (Å²) in [6.07, 6.45) is 0. The molecule has 0 bridgehead atoms. The van der Waals surface area contributed by atoms with Crippen LogP contribution >= 0.6 is 11.3 Å². The minimum Gasteiger partial charge on any atom is -0.478 e. The smallest absolute Gasteiger partial charge is 0.336 e.